The van der Waals surface area contributed by atoms with Crippen molar-refractivity contribution >= 4 is 22.5 Å². The van der Waals surface area contributed by atoms with Gasteiger partial charge in [-0.15, -0.1) is 0 Å². The molecular weight excluding hydrogens is 330 g/mol. The Balaban J connectivity index is 1.64. The van der Waals surface area contributed by atoms with Gasteiger partial charge in [-0.3, -0.25) is 4.79 Å². The summed E-state index contributed by atoms with van der Waals surface area (Å²) in [4.78, 5) is 16.6. The molecule has 2 aromatic heterocycles. The number of benzene rings is 2. The lowest BCUT2D eigenvalue weighted by Crippen LogP contribution is -2.15. The van der Waals surface area contributed by atoms with Crippen molar-refractivity contribution in [3.8, 4) is 17.1 Å². The van der Waals surface area contributed by atoms with Gasteiger partial charge >= 0.3 is 0 Å². The Labute approximate surface area is 150 Å². The molecule has 0 radical (unpaired) electrons. The highest BCUT2D eigenvalue weighted by molar-refractivity contribution is 6.06. The van der Waals surface area contributed by atoms with Gasteiger partial charge in [-0.2, -0.15) is 0 Å². The van der Waals surface area contributed by atoms with Crippen LogP contribution in [-0.2, 0) is 7.05 Å². The molecule has 130 valence electrons. The lowest BCUT2D eigenvalue weighted by molar-refractivity contribution is 0.102. The largest absolute Gasteiger partial charge is 0.496 e. The molecule has 0 aliphatic carbocycles. The Morgan fingerprint density at radius 2 is 2.04 bits per heavy atom. The molecule has 1 N–H and O–H groups in total. The van der Waals surface area contributed by atoms with Crippen molar-refractivity contribution in [3.63, 3.8) is 0 Å². The molecule has 0 unspecified atom stereocenters. The molecule has 6 nitrogen and oxygen atoms in total. The van der Waals surface area contributed by atoms with Gasteiger partial charge in [-0.05, 0) is 24.3 Å². The van der Waals surface area contributed by atoms with Crippen LogP contribution < -0.4 is 10.1 Å². The maximum Gasteiger partial charge on any atom is 0.272 e. The molecule has 0 saturated carbocycles. The average Bonchev–Trinajstić information content (AvgIpc) is 3.30. The molecule has 2 aromatic carbocycles. The minimum absolute atomic E-state index is 0.182. The number of oxazole rings is 1. The van der Waals surface area contributed by atoms with Gasteiger partial charge in [0, 0.05) is 29.7 Å². The van der Waals surface area contributed by atoms with Gasteiger partial charge in [-0.1, -0.05) is 18.2 Å². The van der Waals surface area contributed by atoms with Crippen LogP contribution in [0.3, 0.4) is 0 Å². The van der Waals surface area contributed by atoms with Crippen molar-refractivity contribution in [2.45, 2.75) is 0 Å². The molecule has 0 aliphatic rings. The number of carbonyl (C=O) groups is 1. The monoisotopic (exact) mass is 347 g/mol. The van der Waals surface area contributed by atoms with Crippen LogP contribution >= 0.6 is 0 Å². The number of methoxy groups -OCH3 is 1. The van der Waals surface area contributed by atoms with Crippen molar-refractivity contribution < 1.29 is 13.9 Å². The van der Waals surface area contributed by atoms with Crippen LogP contribution in [0.2, 0.25) is 0 Å². The number of para-hydroxylation sites is 1. The van der Waals surface area contributed by atoms with Gasteiger partial charge in [0.1, 0.15) is 11.4 Å². The van der Waals surface area contributed by atoms with Gasteiger partial charge < -0.3 is 19.0 Å². The molecular formula is C20H17N3O3. The molecule has 4 rings (SSSR count). The van der Waals surface area contributed by atoms with Crippen molar-refractivity contribution in [1.29, 1.82) is 0 Å². The lowest BCUT2D eigenvalue weighted by atomic mass is 10.1. The smallest absolute Gasteiger partial charge is 0.272 e. The summed E-state index contributed by atoms with van der Waals surface area (Å²) in [6.07, 6.45) is 2.98. The molecule has 2 heterocycles. The number of fused-ring (bicyclic) bond motifs is 1. The Hall–Kier alpha value is -3.54. The summed E-state index contributed by atoms with van der Waals surface area (Å²) in [5.74, 6) is 1.02. The number of hydrogen-bond acceptors (Lipinski definition) is 4. The normalized spacial score (nSPS) is 10.8. The van der Waals surface area contributed by atoms with Gasteiger partial charge in [0.05, 0.1) is 18.9 Å². The molecule has 0 bridgehead atoms. The van der Waals surface area contributed by atoms with E-state index in [1.807, 2.05) is 48.0 Å². The Morgan fingerprint density at radius 3 is 2.77 bits per heavy atom. The van der Waals surface area contributed by atoms with Gasteiger partial charge in [0.2, 0.25) is 0 Å². The zero-order valence-electron chi connectivity index (χ0n) is 14.4. The van der Waals surface area contributed by atoms with E-state index in [1.165, 1.54) is 6.39 Å². The average molecular weight is 347 g/mol. The van der Waals surface area contributed by atoms with E-state index in [-0.39, 0.29) is 5.91 Å². The predicted molar refractivity (Wildman–Crippen MR) is 99.4 cm³/mol. The summed E-state index contributed by atoms with van der Waals surface area (Å²) in [7, 11) is 3.45. The highest BCUT2D eigenvalue weighted by atomic mass is 16.5. The number of amides is 1. The zero-order chi connectivity index (χ0) is 18.1. The Bertz CT molecular complexity index is 1080. The zero-order valence-corrected chi connectivity index (χ0v) is 14.4. The van der Waals surface area contributed by atoms with Crippen LogP contribution in [0.1, 0.15) is 10.5 Å². The topological polar surface area (TPSA) is 69.3 Å². The van der Waals surface area contributed by atoms with Crippen molar-refractivity contribution in [3.05, 3.63) is 66.8 Å². The number of rotatable bonds is 4. The van der Waals surface area contributed by atoms with Gasteiger partial charge in [-0.25, -0.2) is 4.98 Å². The first-order chi connectivity index (χ1) is 12.7. The van der Waals surface area contributed by atoms with Crippen molar-refractivity contribution in [2.75, 3.05) is 12.4 Å². The summed E-state index contributed by atoms with van der Waals surface area (Å²) in [6, 6.07) is 15.2. The third kappa shape index (κ3) is 2.71. The maximum atomic E-state index is 12.7. The Kier molecular flexibility index (Phi) is 3.93. The fraction of sp³-hybridized carbons (Fsp3) is 0.100. The van der Waals surface area contributed by atoms with Crippen LogP contribution in [0, 0.1) is 0 Å². The summed E-state index contributed by atoms with van der Waals surface area (Å²) in [5, 5.41) is 3.95. The number of aromatic nitrogens is 2. The van der Waals surface area contributed by atoms with Crippen LogP contribution in [-0.4, -0.2) is 22.6 Å². The molecule has 0 atom stereocenters. The number of anilines is 1. The second kappa shape index (κ2) is 6.40. The molecule has 0 aliphatic heterocycles. The quantitative estimate of drug-likeness (QED) is 0.603. The first kappa shape index (κ1) is 16.0. The maximum absolute atomic E-state index is 12.7. The summed E-state index contributed by atoms with van der Waals surface area (Å²) >= 11 is 0. The third-order valence-electron chi connectivity index (χ3n) is 4.34. The van der Waals surface area contributed by atoms with Crippen LogP contribution in [0.4, 0.5) is 5.69 Å². The van der Waals surface area contributed by atoms with E-state index in [0.29, 0.717) is 22.9 Å². The van der Waals surface area contributed by atoms with Crippen LogP contribution in [0.15, 0.2) is 65.5 Å². The van der Waals surface area contributed by atoms with E-state index in [9.17, 15) is 4.79 Å². The number of nitrogens with zero attached hydrogens (tertiary/aromatic N) is 2. The fourth-order valence-corrected chi connectivity index (χ4v) is 3.02. The SMILES string of the molecule is COc1cc(NC(=O)c2cc3ccccc3n2C)ccc1-c1cnco1. The van der Waals surface area contributed by atoms with E-state index >= 15 is 0 Å². The summed E-state index contributed by atoms with van der Waals surface area (Å²) < 4.78 is 12.6. The molecule has 6 heteroatoms. The van der Waals surface area contributed by atoms with Crippen LogP contribution in [0.5, 0.6) is 5.75 Å². The van der Waals surface area contributed by atoms with E-state index in [1.54, 1.807) is 25.4 Å². The first-order valence-corrected chi connectivity index (χ1v) is 8.10. The second-order valence-corrected chi connectivity index (χ2v) is 5.88. The minimum atomic E-state index is -0.182. The first-order valence-electron chi connectivity index (χ1n) is 8.10. The molecule has 1 amide bonds. The van der Waals surface area contributed by atoms with Crippen LogP contribution in [0.25, 0.3) is 22.2 Å². The number of hydrogen-bond donors (Lipinski definition) is 1. The molecule has 0 fully saturated rings. The second-order valence-electron chi connectivity index (χ2n) is 5.88. The fourth-order valence-electron chi connectivity index (χ4n) is 3.02. The van der Waals surface area contributed by atoms with E-state index in [0.717, 1.165) is 16.5 Å². The Morgan fingerprint density at radius 1 is 1.19 bits per heavy atom. The van der Waals surface area contributed by atoms with E-state index in [4.69, 9.17) is 9.15 Å². The lowest BCUT2D eigenvalue weighted by Gasteiger charge is -2.10. The molecule has 0 spiro atoms. The highest BCUT2D eigenvalue weighted by Gasteiger charge is 2.15. The van der Waals surface area contributed by atoms with E-state index in [2.05, 4.69) is 10.3 Å². The summed E-state index contributed by atoms with van der Waals surface area (Å²) in [6.45, 7) is 0. The van der Waals surface area contributed by atoms with Crippen molar-refractivity contribution in [1.82, 2.24) is 9.55 Å². The standard InChI is InChI=1S/C20H17N3O3/c1-23-16-6-4-3-5-13(16)9-17(23)20(24)22-14-7-8-15(18(10-14)25-2)19-11-21-12-26-19/h3-12H,1-2H3,(H,22,24). The molecule has 4 aromatic rings. The highest BCUT2D eigenvalue weighted by Crippen LogP contribution is 2.32. The molecule has 26 heavy (non-hydrogen) atoms. The third-order valence-corrected chi connectivity index (χ3v) is 4.34. The number of carbonyl (C=O) groups excluding carboxylic acids is 1. The number of ether oxygens (including phenoxy) is 1. The predicted octanol–water partition coefficient (Wildman–Crippen LogP) is 4.09. The van der Waals surface area contributed by atoms with Crippen molar-refractivity contribution in [2.24, 2.45) is 7.05 Å². The van der Waals surface area contributed by atoms with Gasteiger partial charge in [0.15, 0.2) is 12.2 Å². The number of aryl methyl sites for hydroxylation is 1. The minimum Gasteiger partial charge on any atom is -0.496 e. The number of nitrogens with one attached hydrogen (secondary N) is 1. The van der Waals surface area contributed by atoms with Gasteiger partial charge in [0.25, 0.3) is 5.91 Å². The molecule has 0 saturated heterocycles. The summed E-state index contributed by atoms with van der Waals surface area (Å²) in [5.41, 5.74) is 3.01. The van der Waals surface area contributed by atoms with E-state index < -0.39 is 0 Å².